The molecule has 2 saturated heterocycles. The van der Waals surface area contributed by atoms with Crippen molar-refractivity contribution >= 4 is 17.8 Å². The van der Waals surface area contributed by atoms with Gasteiger partial charge >= 0.3 is 12.1 Å². The van der Waals surface area contributed by atoms with Gasteiger partial charge in [0.1, 0.15) is 5.82 Å². The van der Waals surface area contributed by atoms with E-state index >= 15 is 0 Å². The second-order valence-electron chi connectivity index (χ2n) is 7.86. The van der Waals surface area contributed by atoms with Gasteiger partial charge in [0.25, 0.3) is 5.91 Å². The van der Waals surface area contributed by atoms with E-state index in [2.05, 4.69) is 4.98 Å². The Hall–Kier alpha value is -3.50. The molecule has 2 aromatic rings. The van der Waals surface area contributed by atoms with Gasteiger partial charge in [0.05, 0.1) is 17.7 Å². The van der Waals surface area contributed by atoms with E-state index in [0.717, 1.165) is 12.1 Å². The van der Waals surface area contributed by atoms with Crippen LogP contribution in [0.4, 0.5) is 17.6 Å². The number of hydrogen-bond acceptors (Lipinski definition) is 4. The van der Waals surface area contributed by atoms with Crippen LogP contribution in [0.5, 0.6) is 0 Å². The summed E-state index contributed by atoms with van der Waals surface area (Å²) >= 11 is 0. The van der Waals surface area contributed by atoms with Gasteiger partial charge in [-0.15, -0.1) is 0 Å². The number of hydrogen-bond donors (Lipinski definition) is 1. The van der Waals surface area contributed by atoms with Crippen LogP contribution in [0, 0.1) is 11.2 Å². The Balaban J connectivity index is 0.000000383. The minimum absolute atomic E-state index is 0.109. The highest BCUT2D eigenvalue weighted by Gasteiger charge is 2.51. The van der Waals surface area contributed by atoms with Crippen molar-refractivity contribution in [3.8, 4) is 0 Å². The van der Waals surface area contributed by atoms with Gasteiger partial charge in [0, 0.05) is 31.4 Å². The first-order valence-electron chi connectivity index (χ1n) is 10.1. The lowest BCUT2D eigenvalue weighted by atomic mass is 9.85. The Kier molecular flexibility index (Phi) is 6.99. The smallest absolute Gasteiger partial charge is 0.475 e. The molecule has 3 heterocycles. The summed E-state index contributed by atoms with van der Waals surface area (Å²) in [4.78, 5) is 42.4. The highest BCUT2D eigenvalue weighted by Crippen LogP contribution is 2.41. The maximum absolute atomic E-state index is 13.1. The number of alkyl halides is 3. The number of amides is 2. The maximum Gasteiger partial charge on any atom is 0.490 e. The summed E-state index contributed by atoms with van der Waals surface area (Å²) < 4.78 is 44.8. The molecule has 1 N–H and O–H groups in total. The SMILES string of the molecule is O=C(O)C(F)(F)F.O=C(c1ccc(F)cc1)N1CCC2(CCN(Cc3ccccn3)C2=O)C1. The number of likely N-dealkylation sites (tertiary alicyclic amines) is 2. The van der Waals surface area contributed by atoms with Crippen molar-refractivity contribution in [2.75, 3.05) is 19.6 Å². The second kappa shape index (κ2) is 9.55. The van der Waals surface area contributed by atoms with Gasteiger partial charge in [0.15, 0.2) is 0 Å². The molecule has 2 amide bonds. The van der Waals surface area contributed by atoms with Gasteiger partial charge in [0.2, 0.25) is 5.91 Å². The lowest BCUT2D eigenvalue weighted by Crippen LogP contribution is -2.38. The highest BCUT2D eigenvalue weighted by atomic mass is 19.4. The first kappa shape index (κ1) is 24.1. The molecule has 2 aliphatic heterocycles. The molecule has 1 spiro atoms. The van der Waals surface area contributed by atoms with Crippen LogP contribution >= 0.6 is 0 Å². The first-order valence-corrected chi connectivity index (χ1v) is 10.1. The maximum atomic E-state index is 13.1. The normalized spacial score (nSPS) is 20.1. The summed E-state index contributed by atoms with van der Waals surface area (Å²) in [6.45, 7) is 2.18. The molecule has 33 heavy (non-hydrogen) atoms. The molecule has 1 aromatic heterocycles. The number of pyridine rings is 1. The van der Waals surface area contributed by atoms with Crippen molar-refractivity contribution in [2.24, 2.45) is 5.41 Å². The average Bonchev–Trinajstić information content (AvgIpc) is 3.34. The standard InChI is InChI=1S/C20H20FN3O2.C2HF3O2/c21-16-6-4-15(5-7-16)18(25)24-12-9-20(14-24)8-11-23(19(20)26)13-17-3-1-2-10-22-17;3-2(4,5)1(6)7/h1-7,10H,8-9,11-14H2;(H,6,7). The Morgan fingerprint density at radius 1 is 1.06 bits per heavy atom. The van der Waals surface area contributed by atoms with E-state index in [9.17, 15) is 27.2 Å². The third-order valence-electron chi connectivity index (χ3n) is 5.65. The van der Waals surface area contributed by atoms with E-state index in [1.54, 1.807) is 11.1 Å². The molecular formula is C22H21F4N3O4. The summed E-state index contributed by atoms with van der Waals surface area (Å²) in [5.41, 5.74) is 0.846. The van der Waals surface area contributed by atoms with E-state index in [1.165, 1.54) is 24.3 Å². The molecule has 0 bridgehead atoms. The van der Waals surface area contributed by atoms with Crippen LogP contribution in [0.3, 0.4) is 0 Å². The lowest BCUT2D eigenvalue weighted by molar-refractivity contribution is -0.192. The fourth-order valence-electron chi connectivity index (χ4n) is 3.93. The van der Waals surface area contributed by atoms with Crippen LogP contribution in [0.2, 0.25) is 0 Å². The predicted octanol–water partition coefficient (Wildman–Crippen LogP) is 3.12. The van der Waals surface area contributed by atoms with Crippen molar-refractivity contribution < 1.29 is 37.1 Å². The van der Waals surface area contributed by atoms with Crippen LogP contribution in [0.1, 0.15) is 28.9 Å². The van der Waals surface area contributed by atoms with Crippen molar-refractivity contribution in [3.63, 3.8) is 0 Å². The van der Waals surface area contributed by atoms with Crippen LogP contribution in [0.25, 0.3) is 0 Å². The zero-order valence-electron chi connectivity index (χ0n) is 17.4. The number of carboxylic acids is 1. The highest BCUT2D eigenvalue weighted by molar-refractivity contribution is 5.95. The zero-order chi connectivity index (χ0) is 24.2. The molecule has 11 heteroatoms. The van der Waals surface area contributed by atoms with Crippen LogP contribution < -0.4 is 0 Å². The van der Waals surface area contributed by atoms with Crippen LogP contribution in [-0.2, 0) is 16.1 Å². The van der Waals surface area contributed by atoms with Crippen molar-refractivity contribution in [3.05, 3.63) is 65.7 Å². The van der Waals surface area contributed by atoms with Gasteiger partial charge < -0.3 is 14.9 Å². The molecular weight excluding hydrogens is 446 g/mol. The van der Waals surface area contributed by atoms with Crippen LogP contribution in [-0.4, -0.2) is 63.5 Å². The molecule has 1 aromatic carbocycles. The van der Waals surface area contributed by atoms with E-state index in [4.69, 9.17) is 9.90 Å². The summed E-state index contributed by atoms with van der Waals surface area (Å²) in [6, 6.07) is 11.2. The predicted molar refractivity (Wildman–Crippen MR) is 107 cm³/mol. The van der Waals surface area contributed by atoms with Gasteiger partial charge in [-0.1, -0.05) is 6.07 Å². The van der Waals surface area contributed by atoms with E-state index < -0.39 is 17.6 Å². The number of carbonyl (C=O) groups excluding carboxylic acids is 2. The van der Waals surface area contributed by atoms with E-state index in [-0.39, 0.29) is 17.6 Å². The Bertz CT molecular complexity index is 1010. The minimum atomic E-state index is -5.08. The summed E-state index contributed by atoms with van der Waals surface area (Å²) in [7, 11) is 0. The monoisotopic (exact) mass is 467 g/mol. The molecule has 1 unspecified atom stereocenters. The number of aromatic nitrogens is 1. The summed E-state index contributed by atoms with van der Waals surface area (Å²) in [5.74, 6) is -3.15. The first-order chi connectivity index (χ1) is 15.5. The summed E-state index contributed by atoms with van der Waals surface area (Å²) in [6.07, 6.45) is -1.92. The third-order valence-corrected chi connectivity index (χ3v) is 5.65. The average molecular weight is 467 g/mol. The number of carboxylic acid groups (broad SMARTS) is 1. The van der Waals surface area contributed by atoms with Crippen LogP contribution in [0.15, 0.2) is 48.7 Å². The molecule has 1 atom stereocenters. The Morgan fingerprint density at radius 3 is 2.27 bits per heavy atom. The number of benzene rings is 1. The Morgan fingerprint density at radius 2 is 1.70 bits per heavy atom. The fourth-order valence-corrected chi connectivity index (χ4v) is 3.93. The molecule has 0 saturated carbocycles. The van der Waals surface area contributed by atoms with E-state index in [0.29, 0.717) is 38.2 Å². The summed E-state index contributed by atoms with van der Waals surface area (Å²) in [5, 5.41) is 7.12. The molecule has 4 rings (SSSR count). The van der Waals surface area contributed by atoms with Gasteiger partial charge in [-0.25, -0.2) is 9.18 Å². The second-order valence-corrected chi connectivity index (χ2v) is 7.86. The quantitative estimate of drug-likeness (QED) is 0.701. The van der Waals surface area contributed by atoms with Gasteiger partial charge in [-0.3, -0.25) is 14.6 Å². The number of carbonyl (C=O) groups is 3. The minimum Gasteiger partial charge on any atom is -0.475 e. The number of aliphatic carboxylic acids is 1. The lowest BCUT2D eigenvalue weighted by Gasteiger charge is -2.23. The fraction of sp³-hybridized carbons (Fsp3) is 0.364. The van der Waals surface area contributed by atoms with Crippen molar-refractivity contribution in [2.45, 2.75) is 25.6 Å². The number of rotatable bonds is 3. The molecule has 2 fully saturated rings. The molecule has 7 nitrogen and oxygen atoms in total. The molecule has 176 valence electrons. The Labute approximate surface area is 186 Å². The van der Waals surface area contributed by atoms with Crippen molar-refractivity contribution in [1.29, 1.82) is 0 Å². The van der Waals surface area contributed by atoms with E-state index in [1.807, 2.05) is 23.1 Å². The third kappa shape index (κ3) is 5.65. The molecule has 0 aliphatic carbocycles. The van der Waals surface area contributed by atoms with Gasteiger partial charge in [-0.05, 0) is 49.2 Å². The largest absolute Gasteiger partial charge is 0.490 e. The zero-order valence-corrected chi connectivity index (χ0v) is 17.4. The molecule has 0 radical (unpaired) electrons. The topological polar surface area (TPSA) is 90.8 Å². The number of halogens is 4. The van der Waals surface area contributed by atoms with Crippen molar-refractivity contribution in [1.82, 2.24) is 14.8 Å². The van der Waals surface area contributed by atoms with Gasteiger partial charge in [-0.2, -0.15) is 13.2 Å². The molecule has 2 aliphatic rings. The number of nitrogens with zero attached hydrogens (tertiary/aromatic N) is 3.